The minimum atomic E-state index is -0.562. The highest BCUT2D eigenvalue weighted by atomic mass is 16.5. The zero-order valence-corrected chi connectivity index (χ0v) is 14.6. The molecule has 0 saturated carbocycles. The molecule has 1 heterocycles. The zero-order chi connectivity index (χ0) is 19.2. The van der Waals surface area contributed by atoms with Gasteiger partial charge in [0.1, 0.15) is 0 Å². The summed E-state index contributed by atoms with van der Waals surface area (Å²) in [6.07, 6.45) is 0.891. The molecule has 0 fully saturated rings. The van der Waals surface area contributed by atoms with Crippen molar-refractivity contribution in [2.24, 2.45) is 0 Å². The van der Waals surface area contributed by atoms with Crippen LogP contribution in [0.4, 0.5) is 16.2 Å². The van der Waals surface area contributed by atoms with Gasteiger partial charge < -0.3 is 10.1 Å². The van der Waals surface area contributed by atoms with E-state index in [1.165, 1.54) is 13.3 Å². The van der Waals surface area contributed by atoms with E-state index in [9.17, 15) is 14.4 Å². The van der Waals surface area contributed by atoms with Crippen molar-refractivity contribution in [2.75, 3.05) is 17.7 Å². The minimum absolute atomic E-state index is 0.146. The highest BCUT2D eigenvalue weighted by molar-refractivity contribution is 5.91. The summed E-state index contributed by atoms with van der Waals surface area (Å²) in [5, 5.41) is 9.99. The molecular formula is C19H18N4O4. The van der Waals surface area contributed by atoms with Gasteiger partial charge in [-0.25, -0.2) is 4.79 Å². The number of aryl methyl sites for hydroxylation is 1. The lowest BCUT2D eigenvalue weighted by molar-refractivity contribution is -0.116. The first kappa shape index (κ1) is 18.1. The second kappa shape index (κ2) is 8.13. The van der Waals surface area contributed by atoms with Gasteiger partial charge in [-0.3, -0.25) is 19.6 Å². The van der Waals surface area contributed by atoms with Crippen LogP contribution in [-0.2, 0) is 16.1 Å². The molecule has 3 aromatic rings. The van der Waals surface area contributed by atoms with Gasteiger partial charge in [0.25, 0.3) is 0 Å². The van der Waals surface area contributed by atoms with Gasteiger partial charge in [0.05, 0.1) is 25.4 Å². The number of ether oxygens (including phenoxy) is 1. The van der Waals surface area contributed by atoms with E-state index in [1.54, 1.807) is 47.1 Å². The number of carbonyl (C=O) groups is 2. The van der Waals surface area contributed by atoms with Gasteiger partial charge in [0.15, 0.2) is 0 Å². The summed E-state index contributed by atoms with van der Waals surface area (Å²) in [7, 11) is 1.28. The molecule has 0 bridgehead atoms. The largest absolute Gasteiger partial charge is 0.453 e. The molecule has 3 rings (SSSR count). The maximum absolute atomic E-state index is 12.2. The SMILES string of the molecule is COC(=O)Nc1ccc(NC(=O)CCn2ncc(=O)c3ccccc32)cc1. The van der Waals surface area contributed by atoms with Crippen molar-refractivity contribution in [1.82, 2.24) is 9.78 Å². The van der Waals surface area contributed by atoms with E-state index in [-0.39, 0.29) is 17.8 Å². The lowest BCUT2D eigenvalue weighted by Crippen LogP contribution is -2.18. The highest BCUT2D eigenvalue weighted by Gasteiger charge is 2.07. The van der Waals surface area contributed by atoms with Crippen LogP contribution in [0.5, 0.6) is 0 Å². The molecule has 0 unspecified atom stereocenters. The average Bonchev–Trinajstić information content (AvgIpc) is 2.69. The van der Waals surface area contributed by atoms with Gasteiger partial charge in [0.2, 0.25) is 11.3 Å². The van der Waals surface area contributed by atoms with Gasteiger partial charge >= 0.3 is 6.09 Å². The molecule has 0 aliphatic carbocycles. The van der Waals surface area contributed by atoms with Gasteiger partial charge in [-0.05, 0) is 36.4 Å². The van der Waals surface area contributed by atoms with E-state index in [0.29, 0.717) is 28.8 Å². The predicted molar refractivity (Wildman–Crippen MR) is 102 cm³/mol. The molecule has 27 heavy (non-hydrogen) atoms. The van der Waals surface area contributed by atoms with Gasteiger partial charge in [-0.15, -0.1) is 0 Å². The lowest BCUT2D eigenvalue weighted by atomic mass is 10.2. The van der Waals surface area contributed by atoms with Crippen molar-refractivity contribution in [2.45, 2.75) is 13.0 Å². The van der Waals surface area contributed by atoms with E-state index >= 15 is 0 Å². The number of hydrogen-bond acceptors (Lipinski definition) is 5. The number of aromatic nitrogens is 2. The van der Waals surface area contributed by atoms with E-state index in [0.717, 1.165) is 0 Å². The fourth-order valence-electron chi connectivity index (χ4n) is 2.58. The molecular weight excluding hydrogens is 348 g/mol. The summed E-state index contributed by atoms with van der Waals surface area (Å²) < 4.78 is 6.15. The number of para-hydroxylation sites is 1. The van der Waals surface area contributed by atoms with E-state index in [4.69, 9.17) is 0 Å². The number of benzene rings is 2. The maximum atomic E-state index is 12.2. The molecule has 8 heteroatoms. The Hall–Kier alpha value is -3.68. The van der Waals surface area contributed by atoms with E-state index < -0.39 is 6.09 Å². The molecule has 2 aromatic carbocycles. The van der Waals surface area contributed by atoms with Crippen LogP contribution in [0, 0.1) is 0 Å². The number of nitrogens with zero attached hydrogens (tertiary/aromatic N) is 2. The molecule has 1 aromatic heterocycles. The van der Waals surface area contributed by atoms with Crippen molar-refractivity contribution in [1.29, 1.82) is 0 Å². The quantitative estimate of drug-likeness (QED) is 0.723. The van der Waals surface area contributed by atoms with Crippen LogP contribution in [0.3, 0.4) is 0 Å². The molecule has 0 radical (unpaired) electrons. The summed E-state index contributed by atoms with van der Waals surface area (Å²) >= 11 is 0. The van der Waals surface area contributed by atoms with Crippen LogP contribution < -0.4 is 16.1 Å². The first-order chi connectivity index (χ1) is 13.1. The Bertz CT molecular complexity index is 1030. The van der Waals surface area contributed by atoms with Crippen molar-refractivity contribution < 1.29 is 14.3 Å². The van der Waals surface area contributed by atoms with Crippen LogP contribution in [-0.4, -0.2) is 28.9 Å². The molecule has 0 saturated heterocycles. The molecule has 8 nitrogen and oxygen atoms in total. The van der Waals surface area contributed by atoms with Gasteiger partial charge in [-0.2, -0.15) is 5.10 Å². The number of fused-ring (bicyclic) bond motifs is 1. The van der Waals surface area contributed by atoms with Crippen molar-refractivity contribution >= 4 is 34.3 Å². The summed E-state index contributed by atoms with van der Waals surface area (Å²) in [5.74, 6) is -0.187. The summed E-state index contributed by atoms with van der Waals surface area (Å²) in [6.45, 7) is 0.342. The van der Waals surface area contributed by atoms with Crippen molar-refractivity contribution in [3.63, 3.8) is 0 Å². The molecule has 0 atom stereocenters. The Balaban J connectivity index is 1.61. The van der Waals surface area contributed by atoms with Crippen molar-refractivity contribution in [3.8, 4) is 0 Å². The Morgan fingerprint density at radius 3 is 2.41 bits per heavy atom. The summed E-state index contributed by atoms with van der Waals surface area (Å²) in [5.41, 5.74) is 1.71. The zero-order valence-electron chi connectivity index (χ0n) is 14.6. The van der Waals surface area contributed by atoms with Crippen LogP contribution in [0.2, 0.25) is 0 Å². The Labute approximate surface area is 154 Å². The van der Waals surface area contributed by atoms with E-state index in [1.807, 2.05) is 6.07 Å². The third-order valence-electron chi connectivity index (χ3n) is 3.91. The summed E-state index contributed by atoms with van der Waals surface area (Å²) in [6, 6.07) is 13.8. The highest BCUT2D eigenvalue weighted by Crippen LogP contribution is 2.14. The molecule has 138 valence electrons. The fourth-order valence-corrected chi connectivity index (χ4v) is 2.58. The van der Waals surface area contributed by atoms with Crippen LogP contribution in [0.1, 0.15) is 6.42 Å². The molecule has 0 spiro atoms. The topological polar surface area (TPSA) is 102 Å². The number of hydrogen-bond donors (Lipinski definition) is 2. The maximum Gasteiger partial charge on any atom is 0.411 e. The molecule has 0 aliphatic rings. The first-order valence-electron chi connectivity index (χ1n) is 8.26. The second-order valence-corrected chi connectivity index (χ2v) is 5.74. The number of anilines is 2. The molecule has 2 amide bonds. The average molecular weight is 366 g/mol. The standard InChI is InChI=1S/C19H18N4O4/c1-27-19(26)22-14-8-6-13(7-9-14)21-18(25)10-11-23-16-5-3-2-4-15(16)17(24)12-20-23/h2-9,12H,10-11H2,1H3,(H,21,25)(H,22,26). The minimum Gasteiger partial charge on any atom is -0.453 e. The molecule has 2 N–H and O–H groups in total. The van der Waals surface area contributed by atoms with Gasteiger partial charge in [0, 0.05) is 23.2 Å². The van der Waals surface area contributed by atoms with Crippen LogP contribution >= 0.6 is 0 Å². The first-order valence-corrected chi connectivity index (χ1v) is 8.26. The monoisotopic (exact) mass is 366 g/mol. The second-order valence-electron chi connectivity index (χ2n) is 5.74. The number of methoxy groups -OCH3 is 1. The smallest absolute Gasteiger partial charge is 0.411 e. The predicted octanol–water partition coefficient (Wildman–Crippen LogP) is 2.60. The molecule has 0 aliphatic heterocycles. The Morgan fingerprint density at radius 2 is 1.70 bits per heavy atom. The third-order valence-corrected chi connectivity index (χ3v) is 3.91. The van der Waals surface area contributed by atoms with Crippen molar-refractivity contribution in [3.05, 3.63) is 65.0 Å². The number of amides is 2. The number of nitrogens with one attached hydrogen (secondary N) is 2. The van der Waals surface area contributed by atoms with Crippen LogP contribution in [0.25, 0.3) is 10.9 Å². The number of carbonyl (C=O) groups excluding carboxylic acids is 2. The van der Waals surface area contributed by atoms with Crippen LogP contribution in [0.15, 0.2) is 59.5 Å². The Kier molecular flexibility index (Phi) is 5.46. The lowest BCUT2D eigenvalue weighted by Gasteiger charge is -2.10. The van der Waals surface area contributed by atoms with Gasteiger partial charge in [-0.1, -0.05) is 12.1 Å². The normalized spacial score (nSPS) is 10.4. The van der Waals surface area contributed by atoms with E-state index in [2.05, 4.69) is 20.5 Å². The number of rotatable bonds is 5. The Morgan fingerprint density at radius 1 is 1.04 bits per heavy atom. The third kappa shape index (κ3) is 4.49. The summed E-state index contributed by atoms with van der Waals surface area (Å²) in [4.78, 5) is 35.2. The fraction of sp³-hybridized carbons (Fsp3) is 0.158.